The van der Waals surface area contributed by atoms with Crippen LogP contribution in [0.25, 0.3) is 0 Å². The molecular weight excluding hydrogens is 190 g/mol. The number of nitrogens with one attached hydrogen (secondary N) is 1. The molecule has 0 bridgehead atoms. The topological polar surface area (TPSA) is 43.0 Å². The molecule has 0 fully saturated rings. The highest BCUT2D eigenvalue weighted by Gasteiger charge is 2.09. The lowest BCUT2D eigenvalue weighted by Crippen LogP contribution is -2.06. The van der Waals surface area contributed by atoms with Crippen molar-refractivity contribution in [3.63, 3.8) is 0 Å². The smallest absolute Gasteiger partial charge is 0.148 e. The third-order valence-electron chi connectivity index (χ3n) is 2.45. The molecule has 0 saturated heterocycles. The number of rotatable bonds is 3. The first-order chi connectivity index (χ1) is 7.16. The summed E-state index contributed by atoms with van der Waals surface area (Å²) in [7, 11) is 1.93. The van der Waals surface area contributed by atoms with Gasteiger partial charge >= 0.3 is 0 Å². The van der Waals surface area contributed by atoms with Crippen LogP contribution in [0.3, 0.4) is 0 Å². The highest BCUT2D eigenvalue weighted by atomic mass is 16.3. The Bertz CT molecular complexity index is 411. The molecule has 4 heteroatoms. The van der Waals surface area contributed by atoms with Crippen LogP contribution in [0, 0.1) is 6.92 Å². The van der Waals surface area contributed by atoms with Gasteiger partial charge in [-0.1, -0.05) is 0 Å². The molecule has 15 heavy (non-hydrogen) atoms. The van der Waals surface area contributed by atoms with Crippen molar-refractivity contribution < 1.29 is 4.42 Å². The van der Waals surface area contributed by atoms with Gasteiger partial charge in [0.2, 0.25) is 0 Å². The average Bonchev–Trinajstić information content (AvgIpc) is 2.77. The van der Waals surface area contributed by atoms with E-state index in [4.69, 9.17) is 4.42 Å². The van der Waals surface area contributed by atoms with Crippen molar-refractivity contribution in [1.82, 2.24) is 9.78 Å². The van der Waals surface area contributed by atoms with Gasteiger partial charge in [-0.3, -0.25) is 4.68 Å². The summed E-state index contributed by atoms with van der Waals surface area (Å²) in [6, 6.07) is 5.98. The Labute approximate surface area is 88.9 Å². The van der Waals surface area contributed by atoms with E-state index in [2.05, 4.69) is 10.4 Å². The van der Waals surface area contributed by atoms with Crippen LogP contribution in [-0.2, 0) is 7.05 Å². The van der Waals surface area contributed by atoms with Crippen LogP contribution in [-0.4, -0.2) is 9.78 Å². The third kappa shape index (κ3) is 2.03. The summed E-state index contributed by atoms with van der Waals surface area (Å²) in [5.74, 6) is 1.79. The molecule has 1 N–H and O–H groups in total. The quantitative estimate of drug-likeness (QED) is 0.837. The molecule has 2 aromatic heterocycles. The molecule has 1 unspecified atom stereocenters. The maximum absolute atomic E-state index is 5.31. The maximum atomic E-state index is 5.31. The molecule has 0 saturated carbocycles. The summed E-state index contributed by atoms with van der Waals surface area (Å²) in [6.45, 7) is 4.07. The standard InChI is InChI=1S/C11H15N3O/c1-8-7-11(13-14(8)3)12-9(2)10-5-4-6-15-10/h4-7,9H,1-3H3,(H,12,13). The van der Waals surface area contributed by atoms with Crippen molar-refractivity contribution in [1.29, 1.82) is 0 Å². The Balaban J connectivity index is 2.09. The van der Waals surface area contributed by atoms with Gasteiger partial charge in [0.25, 0.3) is 0 Å². The first kappa shape index (κ1) is 9.83. The SMILES string of the molecule is Cc1cc(NC(C)c2ccco2)nn1C. The van der Waals surface area contributed by atoms with Crippen LogP contribution in [0.4, 0.5) is 5.82 Å². The van der Waals surface area contributed by atoms with Crippen molar-refractivity contribution in [2.24, 2.45) is 7.05 Å². The minimum atomic E-state index is 0.134. The van der Waals surface area contributed by atoms with Crippen molar-refractivity contribution in [3.8, 4) is 0 Å². The summed E-state index contributed by atoms with van der Waals surface area (Å²) in [4.78, 5) is 0. The average molecular weight is 205 g/mol. The first-order valence-corrected chi connectivity index (χ1v) is 4.97. The Morgan fingerprint density at radius 3 is 2.87 bits per heavy atom. The van der Waals surface area contributed by atoms with Crippen LogP contribution in [0.15, 0.2) is 28.9 Å². The van der Waals surface area contributed by atoms with Gasteiger partial charge in [0.1, 0.15) is 11.6 Å². The molecule has 0 aromatic carbocycles. The van der Waals surface area contributed by atoms with Crippen molar-refractivity contribution in [3.05, 3.63) is 35.9 Å². The molecular formula is C11H15N3O. The van der Waals surface area contributed by atoms with E-state index >= 15 is 0 Å². The second-order valence-corrected chi connectivity index (χ2v) is 3.68. The van der Waals surface area contributed by atoms with Crippen LogP contribution < -0.4 is 5.32 Å². The number of aromatic nitrogens is 2. The fourth-order valence-electron chi connectivity index (χ4n) is 1.46. The van der Waals surface area contributed by atoms with Gasteiger partial charge in [-0.05, 0) is 26.0 Å². The predicted octanol–water partition coefficient (Wildman–Crippen LogP) is 2.49. The van der Waals surface area contributed by atoms with E-state index in [0.29, 0.717) is 0 Å². The lowest BCUT2D eigenvalue weighted by molar-refractivity contribution is 0.490. The molecule has 0 aliphatic heterocycles. The largest absolute Gasteiger partial charge is 0.467 e. The van der Waals surface area contributed by atoms with Crippen LogP contribution >= 0.6 is 0 Å². The lowest BCUT2D eigenvalue weighted by Gasteiger charge is -2.09. The zero-order valence-corrected chi connectivity index (χ0v) is 9.19. The minimum absolute atomic E-state index is 0.134. The fourth-order valence-corrected chi connectivity index (χ4v) is 1.46. The monoisotopic (exact) mass is 205 g/mol. The molecule has 2 heterocycles. The molecule has 1 atom stereocenters. The van der Waals surface area contributed by atoms with Crippen molar-refractivity contribution in [2.75, 3.05) is 5.32 Å². The van der Waals surface area contributed by atoms with Gasteiger partial charge in [-0.2, -0.15) is 5.10 Å². The van der Waals surface area contributed by atoms with E-state index in [1.807, 2.05) is 43.8 Å². The number of anilines is 1. The molecule has 4 nitrogen and oxygen atoms in total. The van der Waals surface area contributed by atoms with Crippen molar-refractivity contribution >= 4 is 5.82 Å². The zero-order valence-electron chi connectivity index (χ0n) is 9.19. The first-order valence-electron chi connectivity index (χ1n) is 4.97. The van der Waals surface area contributed by atoms with Crippen LogP contribution in [0.5, 0.6) is 0 Å². The van der Waals surface area contributed by atoms with E-state index < -0.39 is 0 Å². The number of furan rings is 1. The number of nitrogens with zero attached hydrogens (tertiary/aromatic N) is 2. The predicted molar refractivity (Wildman–Crippen MR) is 58.7 cm³/mol. The van der Waals surface area contributed by atoms with Crippen LogP contribution in [0.2, 0.25) is 0 Å². The Morgan fingerprint density at radius 1 is 1.53 bits per heavy atom. The normalized spacial score (nSPS) is 12.7. The molecule has 2 aromatic rings. The molecule has 0 aliphatic rings. The molecule has 0 amide bonds. The molecule has 0 aliphatic carbocycles. The molecule has 2 rings (SSSR count). The van der Waals surface area contributed by atoms with Crippen molar-refractivity contribution in [2.45, 2.75) is 19.9 Å². The van der Waals surface area contributed by atoms with E-state index in [0.717, 1.165) is 17.3 Å². The fraction of sp³-hybridized carbons (Fsp3) is 0.364. The van der Waals surface area contributed by atoms with Gasteiger partial charge in [-0.15, -0.1) is 0 Å². The highest BCUT2D eigenvalue weighted by Crippen LogP contribution is 2.18. The summed E-state index contributed by atoms with van der Waals surface area (Å²) >= 11 is 0. The Morgan fingerprint density at radius 2 is 2.33 bits per heavy atom. The Kier molecular flexibility index (Phi) is 2.49. The van der Waals surface area contributed by atoms with Gasteiger partial charge in [0.15, 0.2) is 0 Å². The summed E-state index contributed by atoms with van der Waals surface area (Å²) in [6.07, 6.45) is 1.68. The van der Waals surface area contributed by atoms with E-state index in [1.165, 1.54) is 0 Å². The summed E-state index contributed by atoms with van der Waals surface area (Å²) in [5.41, 5.74) is 1.13. The van der Waals surface area contributed by atoms with E-state index in [1.54, 1.807) is 6.26 Å². The second kappa shape index (κ2) is 3.81. The van der Waals surface area contributed by atoms with Gasteiger partial charge < -0.3 is 9.73 Å². The second-order valence-electron chi connectivity index (χ2n) is 3.68. The summed E-state index contributed by atoms with van der Waals surface area (Å²) in [5, 5.41) is 7.60. The maximum Gasteiger partial charge on any atom is 0.148 e. The minimum Gasteiger partial charge on any atom is -0.467 e. The number of hydrogen-bond donors (Lipinski definition) is 1. The van der Waals surface area contributed by atoms with Gasteiger partial charge in [0, 0.05) is 18.8 Å². The van der Waals surface area contributed by atoms with E-state index in [-0.39, 0.29) is 6.04 Å². The third-order valence-corrected chi connectivity index (χ3v) is 2.45. The lowest BCUT2D eigenvalue weighted by atomic mass is 10.2. The number of hydrogen-bond acceptors (Lipinski definition) is 3. The van der Waals surface area contributed by atoms with E-state index in [9.17, 15) is 0 Å². The highest BCUT2D eigenvalue weighted by molar-refractivity contribution is 5.37. The molecule has 80 valence electrons. The molecule has 0 spiro atoms. The van der Waals surface area contributed by atoms with Crippen LogP contribution in [0.1, 0.15) is 24.4 Å². The Hall–Kier alpha value is -1.71. The van der Waals surface area contributed by atoms with Gasteiger partial charge in [-0.25, -0.2) is 0 Å². The number of aryl methyl sites for hydroxylation is 2. The zero-order chi connectivity index (χ0) is 10.8. The summed E-state index contributed by atoms with van der Waals surface area (Å²) < 4.78 is 7.15. The van der Waals surface area contributed by atoms with Gasteiger partial charge in [0.05, 0.1) is 12.3 Å². The molecule has 0 radical (unpaired) electrons.